The van der Waals surface area contributed by atoms with Crippen LogP contribution in [-0.4, -0.2) is 47.2 Å². The van der Waals surface area contributed by atoms with Crippen LogP contribution in [0.15, 0.2) is 18.5 Å². The van der Waals surface area contributed by atoms with E-state index < -0.39 is 5.60 Å². The van der Waals surface area contributed by atoms with E-state index >= 15 is 0 Å². The highest BCUT2D eigenvalue weighted by atomic mass is 127. The molecule has 0 radical (unpaired) electrons. The Bertz CT molecular complexity index is 729. The molecule has 32 heavy (non-hydrogen) atoms. The van der Waals surface area contributed by atoms with Crippen LogP contribution in [-0.2, 0) is 21.5 Å². The van der Waals surface area contributed by atoms with Crippen molar-refractivity contribution in [2.45, 2.75) is 72.0 Å². The van der Waals surface area contributed by atoms with Gasteiger partial charge in [0.2, 0.25) is 0 Å². The van der Waals surface area contributed by atoms with Crippen molar-refractivity contribution in [1.82, 2.24) is 9.91 Å². The van der Waals surface area contributed by atoms with E-state index in [0.29, 0.717) is 13.1 Å². The molecule has 1 spiro atoms. The molecule has 1 amide bonds. The SMILES string of the molecule is CC.Cc1cc2c(s1)C1(CCN(C(=O)OC(C)(C)C)CC1)OCC2.N/C=C\N(N)CSI. The summed E-state index contributed by atoms with van der Waals surface area (Å²) >= 11 is 4.02. The molecule has 3 heterocycles. The molecular formula is C22H39IN4O3S2. The second kappa shape index (κ2) is 13.9. The largest absolute Gasteiger partial charge is 0.444 e. The van der Waals surface area contributed by atoms with Gasteiger partial charge in [-0.25, -0.2) is 10.6 Å². The molecule has 1 aromatic heterocycles. The van der Waals surface area contributed by atoms with Gasteiger partial charge in [-0.2, -0.15) is 0 Å². The summed E-state index contributed by atoms with van der Waals surface area (Å²) in [7, 11) is 1.61. The number of carbonyl (C=O) groups is 1. The smallest absolute Gasteiger partial charge is 0.410 e. The second-order valence-corrected chi connectivity index (χ2v) is 12.0. The number of piperidine rings is 1. The predicted octanol–water partition coefficient (Wildman–Crippen LogP) is 5.51. The van der Waals surface area contributed by atoms with E-state index in [1.165, 1.54) is 26.5 Å². The number of hydrogen-bond donors (Lipinski definition) is 2. The van der Waals surface area contributed by atoms with E-state index in [2.05, 4.69) is 34.2 Å². The van der Waals surface area contributed by atoms with Gasteiger partial charge in [0, 0.05) is 35.2 Å². The number of amides is 1. The minimum atomic E-state index is -0.439. The number of hydrazine groups is 1. The average Bonchev–Trinajstić information content (AvgIpc) is 3.12. The molecule has 7 nitrogen and oxygen atoms in total. The number of likely N-dealkylation sites (tertiary alicyclic amines) is 1. The number of ether oxygens (including phenoxy) is 2. The Morgan fingerprint density at radius 2 is 2.03 bits per heavy atom. The van der Waals surface area contributed by atoms with Crippen LogP contribution < -0.4 is 11.6 Å². The summed E-state index contributed by atoms with van der Waals surface area (Å²) in [5.74, 6) is 6.09. The number of nitrogens with zero attached hydrogens (tertiary/aromatic N) is 2. The van der Waals surface area contributed by atoms with E-state index in [0.717, 1.165) is 31.7 Å². The van der Waals surface area contributed by atoms with Gasteiger partial charge < -0.3 is 25.1 Å². The van der Waals surface area contributed by atoms with Crippen LogP contribution in [0.4, 0.5) is 4.79 Å². The van der Waals surface area contributed by atoms with Crippen molar-refractivity contribution >= 4 is 47.6 Å². The van der Waals surface area contributed by atoms with Gasteiger partial charge in [-0.05, 0) is 79.8 Å². The van der Waals surface area contributed by atoms with E-state index in [-0.39, 0.29) is 11.7 Å². The molecule has 1 aromatic rings. The molecule has 10 heteroatoms. The quantitative estimate of drug-likeness (QED) is 0.205. The topological polar surface area (TPSA) is 94.0 Å². The monoisotopic (exact) mass is 598 g/mol. The summed E-state index contributed by atoms with van der Waals surface area (Å²) in [5.41, 5.74) is 5.88. The summed E-state index contributed by atoms with van der Waals surface area (Å²) in [6, 6.07) is 2.30. The first-order valence-electron chi connectivity index (χ1n) is 10.9. The summed E-state index contributed by atoms with van der Waals surface area (Å²) in [4.78, 5) is 16.8. The van der Waals surface area contributed by atoms with Crippen molar-refractivity contribution in [1.29, 1.82) is 0 Å². The Morgan fingerprint density at radius 3 is 2.56 bits per heavy atom. The van der Waals surface area contributed by atoms with Crippen LogP contribution in [0.1, 0.15) is 62.8 Å². The first-order valence-corrected chi connectivity index (χ1v) is 15.3. The van der Waals surface area contributed by atoms with Crippen molar-refractivity contribution in [2.24, 2.45) is 11.6 Å². The molecule has 0 bridgehead atoms. The third-order valence-electron chi connectivity index (χ3n) is 4.79. The zero-order chi connectivity index (χ0) is 24.4. The molecule has 0 unspecified atom stereocenters. The fourth-order valence-corrected chi connectivity index (χ4v) is 5.95. The van der Waals surface area contributed by atoms with Crippen molar-refractivity contribution in [2.75, 3.05) is 25.6 Å². The number of carbonyl (C=O) groups excluding carboxylic acids is 1. The number of fused-ring (bicyclic) bond motifs is 2. The number of hydrogen-bond acceptors (Lipinski definition) is 8. The Balaban J connectivity index is 0.000000436. The molecule has 0 atom stereocenters. The highest BCUT2D eigenvalue weighted by molar-refractivity contribution is 14.2. The molecule has 4 N–H and O–H groups in total. The van der Waals surface area contributed by atoms with Gasteiger partial charge in [-0.1, -0.05) is 22.8 Å². The fraction of sp³-hybridized carbons (Fsp3) is 0.682. The lowest BCUT2D eigenvalue weighted by atomic mass is 9.85. The zero-order valence-corrected chi connectivity index (χ0v) is 23.9. The lowest BCUT2D eigenvalue weighted by Crippen LogP contribution is -2.49. The molecule has 3 rings (SSSR count). The minimum absolute atomic E-state index is 0.176. The van der Waals surface area contributed by atoms with Crippen LogP contribution in [0.5, 0.6) is 0 Å². The first-order chi connectivity index (χ1) is 15.1. The normalized spacial score (nSPS) is 17.1. The highest BCUT2D eigenvalue weighted by Crippen LogP contribution is 2.45. The van der Waals surface area contributed by atoms with Crippen LogP contribution in [0.25, 0.3) is 0 Å². The van der Waals surface area contributed by atoms with E-state index in [1.54, 1.807) is 15.1 Å². The van der Waals surface area contributed by atoms with Crippen LogP contribution in [0.3, 0.4) is 0 Å². The third-order valence-corrected chi connectivity index (χ3v) is 7.30. The summed E-state index contributed by atoms with van der Waals surface area (Å²) in [6.45, 7) is 14.1. The van der Waals surface area contributed by atoms with Crippen molar-refractivity contribution in [3.8, 4) is 0 Å². The van der Waals surface area contributed by atoms with Crippen molar-refractivity contribution < 1.29 is 14.3 Å². The van der Waals surface area contributed by atoms with Gasteiger partial charge in [-0.3, -0.25) is 0 Å². The molecular weight excluding hydrogens is 559 g/mol. The molecule has 0 aromatic carbocycles. The molecule has 2 aliphatic rings. The predicted molar refractivity (Wildman–Crippen MR) is 145 cm³/mol. The number of nitrogens with two attached hydrogens (primary N) is 2. The maximum Gasteiger partial charge on any atom is 0.410 e. The molecule has 0 aliphatic carbocycles. The van der Waals surface area contributed by atoms with E-state index in [9.17, 15) is 4.79 Å². The third kappa shape index (κ3) is 8.92. The fourth-order valence-electron chi connectivity index (χ4n) is 3.52. The number of aryl methyl sites for hydroxylation is 1. The van der Waals surface area contributed by atoms with E-state index in [1.807, 2.05) is 50.9 Å². The molecule has 0 saturated carbocycles. The Labute approximate surface area is 213 Å². The van der Waals surface area contributed by atoms with Gasteiger partial charge >= 0.3 is 6.09 Å². The maximum atomic E-state index is 12.2. The van der Waals surface area contributed by atoms with Gasteiger partial charge in [-0.15, -0.1) is 11.3 Å². The van der Waals surface area contributed by atoms with Gasteiger partial charge in [0.05, 0.1) is 12.5 Å². The Morgan fingerprint density at radius 1 is 1.41 bits per heavy atom. The highest BCUT2D eigenvalue weighted by Gasteiger charge is 2.43. The lowest BCUT2D eigenvalue weighted by Gasteiger charge is -2.43. The van der Waals surface area contributed by atoms with Crippen LogP contribution in [0, 0.1) is 6.92 Å². The van der Waals surface area contributed by atoms with E-state index in [4.69, 9.17) is 21.1 Å². The Hall–Kier alpha value is -0.690. The summed E-state index contributed by atoms with van der Waals surface area (Å²) < 4.78 is 11.7. The maximum absolute atomic E-state index is 12.2. The van der Waals surface area contributed by atoms with Gasteiger partial charge in [0.1, 0.15) is 11.2 Å². The standard InChI is InChI=1S/C17H25NO3S.C3H8IN3S.C2H6/c1-12-11-13-5-10-20-17(14(13)22-12)6-8-18(9-7-17)15(19)21-16(2,3)4;4-8-3-7(6)2-1-5;1-2/h11H,5-10H2,1-4H3;1-2H,3,5-6H2;1-2H3/b;2-1-;. The number of thiophene rings is 1. The molecule has 2 aliphatic heterocycles. The summed E-state index contributed by atoms with van der Waals surface area (Å²) in [5, 5.41) is 1.51. The molecule has 1 fully saturated rings. The Kier molecular flexibility index (Phi) is 12.7. The molecule has 1 saturated heterocycles. The summed E-state index contributed by atoms with van der Waals surface area (Å²) in [6.07, 6.45) is 5.55. The number of rotatable bonds is 3. The first kappa shape index (κ1) is 29.3. The average molecular weight is 599 g/mol. The minimum Gasteiger partial charge on any atom is -0.444 e. The van der Waals surface area contributed by atoms with Crippen LogP contribution in [0.2, 0.25) is 0 Å². The van der Waals surface area contributed by atoms with Gasteiger partial charge in [0.15, 0.2) is 0 Å². The van der Waals surface area contributed by atoms with Gasteiger partial charge in [0.25, 0.3) is 0 Å². The van der Waals surface area contributed by atoms with Crippen molar-refractivity contribution in [3.63, 3.8) is 0 Å². The lowest BCUT2D eigenvalue weighted by molar-refractivity contribution is -0.0950. The molecule has 184 valence electrons. The van der Waals surface area contributed by atoms with Crippen molar-refractivity contribution in [3.05, 3.63) is 33.8 Å². The second-order valence-electron chi connectivity index (χ2n) is 8.37. The zero-order valence-electron chi connectivity index (χ0n) is 20.2. The van der Waals surface area contributed by atoms with Crippen LogP contribution >= 0.6 is 41.5 Å². The number of halogens is 1.